The molecule has 2 amide bonds. The molecule has 0 bridgehead atoms. The summed E-state index contributed by atoms with van der Waals surface area (Å²) in [4.78, 5) is 36.9. The van der Waals surface area contributed by atoms with Gasteiger partial charge in [-0.2, -0.15) is 0 Å². The van der Waals surface area contributed by atoms with E-state index in [0.29, 0.717) is 17.3 Å². The molecule has 0 spiro atoms. The van der Waals surface area contributed by atoms with Gasteiger partial charge in [-0.15, -0.1) is 0 Å². The number of amides is 2. The van der Waals surface area contributed by atoms with Crippen molar-refractivity contribution < 1.29 is 29.0 Å². The number of carbonyl (C=O) groups excluding carboxylic acids is 3. The zero-order chi connectivity index (χ0) is 18.7. The normalized spacial score (nSPS) is 16.0. The van der Waals surface area contributed by atoms with E-state index in [-0.39, 0.29) is 27.5 Å². The van der Waals surface area contributed by atoms with Gasteiger partial charge in [0.1, 0.15) is 6.54 Å². The minimum Gasteiger partial charge on any atom is -0.503 e. The summed E-state index contributed by atoms with van der Waals surface area (Å²) in [6, 6.07) is 2.91. The maximum atomic E-state index is 12.3. The van der Waals surface area contributed by atoms with Crippen LogP contribution >= 0.6 is 23.4 Å². The summed E-state index contributed by atoms with van der Waals surface area (Å²) >= 11 is 6.61. The van der Waals surface area contributed by atoms with E-state index in [9.17, 15) is 19.5 Å². The van der Waals surface area contributed by atoms with Gasteiger partial charge in [-0.3, -0.25) is 19.3 Å². The first-order valence-electron chi connectivity index (χ1n) is 7.24. The molecule has 0 aliphatic carbocycles. The first-order chi connectivity index (χ1) is 11.7. The number of imide groups is 1. The number of hydrogen-bond donors (Lipinski definition) is 1. The molecule has 1 fully saturated rings. The monoisotopic (exact) mass is 385 g/mol. The van der Waals surface area contributed by atoms with Crippen LogP contribution in [0.15, 0.2) is 17.0 Å². The van der Waals surface area contributed by atoms with Crippen molar-refractivity contribution in [2.24, 2.45) is 0 Å². The van der Waals surface area contributed by atoms with Gasteiger partial charge in [0.2, 0.25) is 0 Å². The maximum absolute atomic E-state index is 12.3. The number of phenols is 1. The molecule has 25 heavy (non-hydrogen) atoms. The predicted octanol–water partition coefficient (Wildman–Crippen LogP) is 3.04. The first kappa shape index (κ1) is 19.1. The van der Waals surface area contributed by atoms with E-state index in [2.05, 4.69) is 0 Å². The van der Waals surface area contributed by atoms with Gasteiger partial charge < -0.3 is 14.6 Å². The Balaban J connectivity index is 2.23. The highest BCUT2D eigenvalue weighted by Crippen LogP contribution is 2.37. The summed E-state index contributed by atoms with van der Waals surface area (Å²) in [5.74, 6) is -1.34. The standard InChI is InChI=1S/C16H16ClNO6S/c1-8(2)24-13(19)7-18-15(21)12(25-16(18)22)6-9-4-10(17)14(20)11(5-9)23-3/h4-6,8,20H,7H2,1-3H3/b12-6-. The van der Waals surface area contributed by atoms with E-state index >= 15 is 0 Å². The summed E-state index contributed by atoms with van der Waals surface area (Å²) in [5.41, 5.74) is 0.468. The van der Waals surface area contributed by atoms with Crippen molar-refractivity contribution in [3.05, 3.63) is 27.6 Å². The fraction of sp³-hybridized carbons (Fsp3) is 0.312. The summed E-state index contributed by atoms with van der Waals surface area (Å²) in [7, 11) is 1.36. The molecule has 134 valence electrons. The van der Waals surface area contributed by atoms with Crippen molar-refractivity contribution >= 4 is 46.6 Å². The van der Waals surface area contributed by atoms with E-state index in [0.717, 1.165) is 4.90 Å². The Morgan fingerprint density at radius 3 is 2.68 bits per heavy atom. The van der Waals surface area contributed by atoms with E-state index in [1.807, 2.05) is 0 Å². The number of esters is 1. The van der Waals surface area contributed by atoms with Crippen LogP contribution in [0, 0.1) is 0 Å². The number of halogens is 1. The Labute approximate surface area is 153 Å². The molecule has 2 rings (SSSR count). The summed E-state index contributed by atoms with van der Waals surface area (Å²) in [5, 5.41) is 9.21. The fourth-order valence-electron chi connectivity index (χ4n) is 2.05. The molecular formula is C16H16ClNO6S. The van der Waals surface area contributed by atoms with E-state index < -0.39 is 23.7 Å². The highest BCUT2D eigenvalue weighted by Gasteiger charge is 2.36. The van der Waals surface area contributed by atoms with Crippen molar-refractivity contribution in [3.63, 3.8) is 0 Å². The molecule has 1 aromatic carbocycles. The fourth-order valence-corrected chi connectivity index (χ4v) is 3.11. The largest absolute Gasteiger partial charge is 0.503 e. The van der Waals surface area contributed by atoms with Crippen LogP contribution in [0.1, 0.15) is 19.4 Å². The maximum Gasteiger partial charge on any atom is 0.326 e. The smallest absolute Gasteiger partial charge is 0.326 e. The average molecular weight is 386 g/mol. The average Bonchev–Trinajstić information content (AvgIpc) is 2.77. The molecule has 0 unspecified atom stereocenters. The number of thioether (sulfide) groups is 1. The molecule has 1 aliphatic heterocycles. The van der Waals surface area contributed by atoms with Crippen LogP contribution in [-0.2, 0) is 14.3 Å². The minimum atomic E-state index is -0.659. The second kappa shape index (κ2) is 7.79. The third-order valence-corrected chi connectivity index (χ3v) is 4.29. The van der Waals surface area contributed by atoms with Gasteiger partial charge >= 0.3 is 5.97 Å². The number of hydrogen-bond acceptors (Lipinski definition) is 7. The topological polar surface area (TPSA) is 93.1 Å². The molecule has 1 aliphatic rings. The van der Waals surface area contributed by atoms with Crippen LogP contribution in [0.4, 0.5) is 4.79 Å². The molecule has 1 saturated heterocycles. The highest BCUT2D eigenvalue weighted by atomic mass is 35.5. The molecule has 0 saturated carbocycles. The minimum absolute atomic E-state index is 0.0466. The van der Waals surface area contributed by atoms with Crippen LogP contribution in [-0.4, -0.2) is 46.9 Å². The SMILES string of the molecule is COc1cc(/C=C2\SC(=O)N(CC(=O)OC(C)C)C2=O)cc(Cl)c1O. The molecule has 9 heteroatoms. The van der Waals surface area contributed by atoms with Crippen LogP contribution in [0.25, 0.3) is 6.08 Å². The second-order valence-electron chi connectivity index (χ2n) is 5.36. The van der Waals surface area contributed by atoms with Gasteiger partial charge in [0.25, 0.3) is 11.1 Å². The van der Waals surface area contributed by atoms with Crippen molar-refractivity contribution in [1.82, 2.24) is 4.90 Å². The van der Waals surface area contributed by atoms with Crippen molar-refractivity contribution in [2.75, 3.05) is 13.7 Å². The Bertz CT molecular complexity index is 761. The molecule has 1 N–H and O–H groups in total. The first-order valence-corrected chi connectivity index (χ1v) is 8.43. The number of methoxy groups -OCH3 is 1. The van der Waals surface area contributed by atoms with E-state index in [1.54, 1.807) is 13.8 Å². The quantitative estimate of drug-likeness (QED) is 0.615. The number of phenolic OH excluding ortho intramolecular Hbond substituents is 1. The van der Waals surface area contributed by atoms with Crippen molar-refractivity contribution in [2.45, 2.75) is 20.0 Å². The Morgan fingerprint density at radius 2 is 2.08 bits per heavy atom. The lowest BCUT2D eigenvalue weighted by molar-refractivity contribution is -0.149. The summed E-state index contributed by atoms with van der Waals surface area (Å²) in [6.45, 7) is 2.90. The Kier molecular flexibility index (Phi) is 5.97. The van der Waals surface area contributed by atoms with Crippen LogP contribution in [0.5, 0.6) is 11.5 Å². The number of rotatable bonds is 5. The van der Waals surface area contributed by atoms with Gasteiger partial charge in [-0.1, -0.05) is 11.6 Å². The summed E-state index contributed by atoms with van der Waals surface area (Å²) < 4.78 is 9.94. The number of aromatic hydroxyl groups is 1. The second-order valence-corrected chi connectivity index (χ2v) is 6.76. The van der Waals surface area contributed by atoms with Gasteiger partial charge in [0.15, 0.2) is 11.5 Å². The molecule has 0 radical (unpaired) electrons. The molecule has 7 nitrogen and oxygen atoms in total. The number of benzene rings is 1. The summed E-state index contributed by atoms with van der Waals surface area (Å²) in [6.07, 6.45) is 1.10. The Hall–Kier alpha value is -2.19. The molecule has 0 atom stereocenters. The van der Waals surface area contributed by atoms with Crippen molar-refractivity contribution in [1.29, 1.82) is 0 Å². The number of carbonyl (C=O) groups is 3. The van der Waals surface area contributed by atoms with Gasteiger partial charge in [0, 0.05) is 0 Å². The number of nitrogens with zero attached hydrogens (tertiary/aromatic N) is 1. The molecular weight excluding hydrogens is 370 g/mol. The molecule has 1 heterocycles. The number of ether oxygens (including phenoxy) is 2. The lowest BCUT2D eigenvalue weighted by Gasteiger charge is -2.13. The zero-order valence-corrected chi connectivity index (χ0v) is 15.3. The lowest BCUT2D eigenvalue weighted by Crippen LogP contribution is -2.35. The zero-order valence-electron chi connectivity index (χ0n) is 13.7. The van der Waals surface area contributed by atoms with Crippen LogP contribution in [0.3, 0.4) is 0 Å². The highest BCUT2D eigenvalue weighted by molar-refractivity contribution is 8.18. The third-order valence-electron chi connectivity index (χ3n) is 3.10. The van der Waals surface area contributed by atoms with Crippen molar-refractivity contribution in [3.8, 4) is 11.5 Å². The molecule has 1 aromatic rings. The van der Waals surface area contributed by atoms with E-state index in [4.69, 9.17) is 21.1 Å². The lowest BCUT2D eigenvalue weighted by atomic mass is 10.2. The predicted molar refractivity (Wildman–Crippen MR) is 93.6 cm³/mol. The van der Waals surface area contributed by atoms with Crippen LogP contribution in [0.2, 0.25) is 5.02 Å². The van der Waals surface area contributed by atoms with Crippen LogP contribution < -0.4 is 4.74 Å². The van der Waals surface area contributed by atoms with E-state index in [1.165, 1.54) is 25.3 Å². The third kappa shape index (κ3) is 4.46. The van der Waals surface area contributed by atoms with Gasteiger partial charge in [-0.25, -0.2) is 0 Å². The van der Waals surface area contributed by atoms with Gasteiger partial charge in [0.05, 0.1) is 23.1 Å². The van der Waals surface area contributed by atoms with Gasteiger partial charge in [-0.05, 0) is 49.4 Å². The Morgan fingerprint density at radius 1 is 1.40 bits per heavy atom. The molecule has 0 aromatic heterocycles.